The van der Waals surface area contributed by atoms with E-state index in [-0.39, 0.29) is 12.2 Å². The van der Waals surface area contributed by atoms with Crippen LogP contribution in [0.15, 0.2) is 46.9 Å². The third kappa shape index (κ3) is 2.03. The van der Waals surface area contributed by atoms with Gasteiger partial charge < -0.3 is 9.15 Å². The summed E-state index contributed by atoms with van der Waals surface area (Å²) < 4.78 is 24.4. The van der Waals surface area contributed by atoms with Crippen molar-refractivity contribution in [3.8, 4) is 0 Å². The number of ether oxygens (including phenoxy) is 1. The predicted octanol–water partition coefficient (Wildman–Crippen LogP) is 4.16. The first kappa shape index (κ1) is 12.7. The lowest BCUT2D eigenvalue weighted by Gasteiger charge is -2.07. The van der Waals surface area contributed by atoms with Gasteiger partial charge in [-0.2, -0.15) is 0 Å². The molecule has 1 heterocycles. The smallest absolute Gasteiger partial charge is 0.345 e. The second kappa shape index (κ2) is 4.96. The van der Waals surface area contributed by atoms with Crippen molar-refractivity contribution in [3.63, 3.8) is 0 Å². The van der Waals surface area contributed by atoms with Gasteiger partial charge in [0.05, 0.1) is 6.61 Å². The number of fused-ring (bicyclic) bond motifs is 3. The zero-order valence-electron chi connectivity index (χ0n) is 10.9. The fourth-order valence-electron chi connectivity index (χ4n) is 2.25. The van der Waals surface area contributed by atoms with Crippen LogP contribution in [-0.2, 0) is 9.53 Å². The molecule has 20 heavy (non-hydrogen) atoms. The zero-order valence-corrected chi connectivity index (χ0v) is 10.9. The standard InChI is InChI=1S/C16H13FO3/c1-2-19-16(18)15(17)10-7-8-14-12(9-10)11-5-3-4-6-13(11)20-14/h3-9,15H,2H2,1H3. The Morgan fingerprint density at radius 2 is 1.95 bits per heavy atom. The fourth-order valence-corrected chi connectivity index (χ4v) is 2.25. The minimum atomic E-state index is -1.77. The molecule has 3 aromatic rings. The van der Waals surface area contributed by atoms with Gasteiger partial charge in [-0.3, -0.25) is 0 Å². The number of halogens is 1. The molecule has 0 saturated heterocycles. The molecule has 102 valence electrons. The maximum atomic E-state index is 14.0. The van der Waals surface area contributed by atoms with Gasteiger partial charge >= 0.3 is 5.97 Å². The summed E-state index contributed by atoms with van der Waals surface area (Å²) in [6, 6.07) is 12.4. The Kier molecular flexibility index (Phi) is 3.14. The first-order valence-electron chi connectivity index (χ1n) is 6.42. The fraction of sp³-hybridized carbons (Fsp3) is 0.188. The number of carbonyl (C=O) groups excluding carboxylic acids is 1. The van der Waals surface area contributed by atoms with E-state index in [1.54, 1.807) is 25.1 Å². The molecule has 3 nitrogen and oxygen atoms in total. The Morgan fingerprint density at radius 1 is 1.20 bits per heavy atom. The summed E-state index contributed by atoms with van der Waals surface area (Å²) in [7, 11) is 0. The molecule has 2 aromatic carbocycles. The maximum Gasteiger partial charge on any atom is 0.345 e. The van der Waals surface area contributed by atoms with Gasteiger partial charge in [-0.1, -0.05) is 24.3 Å². The van der Waals surface area contributed by atoms with Gasteiger partial charge in [-0.05, 0) is 30.7 Å². The van der Waals surface area contributed by atoms with Gasteiger partial charge in [-0.25, -0.2) is 9.18 Å². The first-order valence-corrected chi connectivity index (χ1v) is 6.42. The molecule has 4 heteroatoms. The number of hydrogen-bond acceptors (Lipinski definition) is 3. The zero-order chi connectivity index (χ0) is 14.1. The van der Waals surface area contributed by atoms with Crippen LogP contribution >= 0.6 is 0 Å². The van der Waals surface area contributed by atoms with E-state index in [1.807, 2.05) is 24.3 Å². The molecule has 0 N–H and O–H groups in total. The molecule has 0 saturated carbocycles. The number of benzene rings is 2. The van der Waals surface area contributed by atoms with E-state index in [1.165, 1.54) is 0 Å². The number of para-hydroxylation sites is 1. The van der Waals surface area contributed by atoms with Crippen molar-refractivity contribution in [1.82, 2.24) is 0 Å². The summed E-state index contributed by atoms with van der Waals surface area (Å²) in [5, 5.41) is 1.70. The van der Waals surface area contributed by atoms with E-state index in [0.717, 1.165) is 16.4 Å². The Morgan fingerprint density at radius 3 is 2.75 bits per heavy atom. The molecule has 3 rings (SSSR count). The Balaban J connectivity index is 2.09. The van der Waals surface area contributed by atoms with E-state index in [2.05, 4.69) is 0 Å². The molecular formula is C16H13FO3. The third-order valence-electron chi connectivity index (χ3n) is 3.19. The molecule has 0 spiro atoms. The van der Waals surface area contributed by atoms with Crippen LogP contribution in [0, 0.1) is 0 Å². The quantitative estimate of drug-likeness (QED) is 0.672. The van der Waals surface area contributed by atoms with Crippen LogP contribution < -0.4 is 0 Å². The van der Waals surface area contributed by atoms with Crippen LogP contribution in [-0.4, -0.2) is 12.6 Å². The summed E-state index contributed by atoms with van der Waals surface area (Å²) >= 11 is 0. The van der Waals surface area contributed by atoms with Gasteiger partial charge in [-0.15, -0.1) is 0 Å². The highest BCUT2D eigenvalue weighted by molar-refractivity contribution is 6.05. The van der Waals surface area contributed by atoms with Gasteiger partial charge in [0.2, 0.25) is 6.17 Å². The number of furan rings is 1. The highest BCUT2D eigenvalue weighted by Crippen LogP contribution is 2.31. The van der Waals surface area contributed by atoms with Crippen LogP contribution in [0.1, 0.15) is 18.7 Å². The second-order valence-corrected chi connectivity index (χ2v) is 4.47. The normalized spacial score (nSPS) is 12.7. The van der Waals surface area contributed by atoms with E-state index < -0.39 is 12.1 Å². The molecule has 0 amide bonds. The van der Waals surface area contributed by atoms with Gasteiger partial charge in [0, 0.05) is 10.8 Å². The van der Waals surface area contributed by atoms with Gasteiger partial charge in [0.25, 0.3) is 0 Å². The second-order valence-electron chi connectivity index (χ2n) is 4.47. The molecule has 0 aliphatic carbocycles. The topological polar surface area (TPSA) is 39.4 Å². The van der Waals surface area contributed by atoms with E-state index in [0.29, 0.717) is 5.58 Å². The molecule has 0 bridgehead atoms. The van der Waals surface area contributed by atoms with E-state index in [9.17, 15) is 9.18 Å². The summed E-state index contributed by atoms with van der Waals surface area (Å²) in [6.45, 7) is 1.81. The summed E-state index contributed by atoms with van der Waals surface area (Å²) in [4.78, 5) is 11.5. The number of esters is 1. The minimum absolute atomic E-state index is 0.163. The highest BCUT2D eigenvalue weighted by Gasteiger charge is 2.22. The SMILES string of the molecule is CCOC(=O)C(F)c1ccc2oc3ccccc3c2c1. The van der Waals surface area contributed by atoms with Crippen molar-refractivity contribution < 1.29 is 18.3 Å². The van der Waals surface area contributed by atoms with Crippen molar-refractivity contribution in [1.29, 1.82) is 0 Å². The number of rotatable bonds is 3. The molecule has 1 atom stereocenters. The monoisotopic (exact) mass is 272 g/mol. The Labute approximate surface area is 114 Å². The van der Waals surface area contributed by atoms with Crippen molar-refractivity contribution in [2.45, 2.75) is 13.1 Å². The van der Waals surface area contributed by atoms with Crippen LogP contribution in [0.2, 0.25) is 0 Å². The summed E-state index contributed by atoms with van der Waals surface area (Å²) in [5.74, 6) is -0.861. The summed E-state index contributed by atoms with van der Waals surface area (Å²) in [6.07, 6.45) is -1.77. The lowest BCUT2D eigenvalue weighted by Crippen LogP contribution is -2.11. The molecule has 0 radical (unpaired) electrons. The van der Waals surface area contributed by atoms with E-state index >= 15 is 0 Å². The molecule has 0 aliphatic rings. The van der Waals surface area contributed by atoms with Crippen molar-refractivity contribution in [2.24, 2.45) is 0 Å². The van der Waals surface area contributed by atoms with Crippen molar-refractivity contribution in [2.75, 3.05) is 6.61 Å². The van der Waals surface area contributed by atoms with Gasteiger partial charge in [0.1, 0.15) is 11.2 Å². The Bertz CT molecular complexity index is 776. The lowest BCUT2D eigenvalue weighted by atomic mass is 10.1. The first-order chi connectivity index (χ1) is 9.70. The molecular weight excluding hydrogens is 259 g/mol. The van der Waals surface area contributed by atoms with E-state index in [4.69, 9.17) is 9.15 Å². The Hall–Kier alpha value is -2.36. The van der Waals surface area contributed by atoms with Crippen LogP contribution in [0.3, 0.4) is 0 Å². The number of alkyl halides is 1. The van der Waals surface area contributed by atoms with Crippen LogP contribution in [0.25, 0.3) is 21.9 Å². The lowest BCUT2D eigenvalue weighted by molar-refractivity contribution is -0.149. The number of hydrogen-bond donors (Lipinski definition) is 0. The molecule has 0 fully saturated rings. The predicted molar refractivity (Wildman–Crippen MR) is 74.2 cm³/mol. The van der Waals surface area contributed by atoms with Crippen LogP contribution in [0.5, 0.6) is 0 Å². The van der Waals surface area contributed by atoms with Crippen LogP contribution in [0.4, 0.5) is 4.39 Å². The summed E-state index contributed by atoms with van der Waals surface area (Å²) in [5.41, 5.74) is 1.69. The molecule has 0 aliphatic heterocycles. The van der Waals surface area contributed by atoms with Crippen molar-refractivity contribution in [3.05, 3.63) is 48.0 Å². The van der Waals surface area contributed by atoms with Crippen molar-refractivity contribution >= 4 is 27.9 Å². The highest BCUT2D eigenvalue weighted by atomic mass is 19.1. The average molecular weight is 272 g/mol. The minimum Gasteiger partial charge on any atom is -0.464 e. The average Bonchev–Trinajstić information content (AvgIpc) is 2.84. The molecule has 1 unspecified atom stereocenters. The third-order valence-corrected chi connectivity index (χ3v) is 3.19. The molecule has 1 aromatic heterocycles. The van der Waals surface area contributed by atoms with Gasteiger partial charge in [0.15, 0.2) is 0 Å². The largest absolute Gasteiger partial charge is 0.464 e. The number of carbonyl (C=O) groups is 1. The maximum absolute atomic E-state index is 14.0.